The molecule has 1 amide bonds. The van der Waals surface area contributed by atoms with Crippen LogP contribution < -0.4 is 5.43 Å². The van der Waals surface area contributed by atoms with Crippen molar-refractivity contribution in [1.29, 1.82) is 0 Å². The van der Waals surface area contributed by atoms with Gasteiger partial charge >= 0.3 is 0 Å². The van der Waals surface area contributed by atoms with Gasteiger partial charge in [0.1, 0.15) is 0 Å². The number of hydrazone groups is 1. The van der Waals surface area contributed by atoms with E-state index in [9.17, 15) is 4.79 Å². The lowest BCUT2D eigenvalue weighted by Crippen LogP contribution is -2.21. The van der Waals surface area contributed by atoms with Crippen LogP contribution in [0.15, 0.2) is 65.8 Å². The fourth-order valence-electron chi connectivity index (χ4n) is 1.71. The van der Waals surface area contributed by atoms with Gasteiger partial charge in [-0.05, 0) is 18.1 Å². The SMILES string of the molecule is C/C(=N\NC(=O)Cc1ccccc1)c1ccccc1. The van der Waals surface area contributed by atoms with Gasteiger partial charge in [-0.1, -0.05) is 60.7 Å². The Morgan fingerprint density at radius 2 is 1.58 bits per heavy atom. The second kappa shape index (κ2) is 6.50. The van der Waals surface area contributed by atoms with Gasteiger partial charge in [-0.15, -0.1) is 0 Å². The molecule has 0 unspecified atom stereocenters. The van der Waals surface area contributed by atoms with Gasteiger partial charge in [-0.3, -0.25) is 4.79 Å². The van der Waals surface area contributed by atoms with E-state index >= 15 is 0 Å². The average molecular weight is 252 g/mol. The predicted molar refractivity (Wildman–Crippen MR) is 76.9 cm³/mol. The van der Waals surface area contributed by atoms with Crippen molar-refractivity contribution in [2.24, 2.45) is 5.10 Å². The highest BCUT2D eigenvalue weighted by molar-refractivity contribution is 5.99. The summed E-state index contributed by atoms with van der Waals surface area (Å²) in [7, 11) is 0. The van der Waals surface area contributed by atoms with E-state index in [2.05, 4.69) is 10.5 Å². The first-order chi connectivity index (χ1) is 9.25. The fourth-order valence-corrected chi connectivity index (χ4v) is 1.71. The molecule has 0 aliphatic heterocycles. The summed E-state index contributed by atoms with van der Waals surface area (Å²) in [6, 6.07) is 19.4. The standard InChI is InChI=1S/C16H16N2O/c1-13(15-10-6-3-7-11-15)17-18-16(19)12-14-8-4-2-5-9-14/h2-11H,12H2,1H3,(H,18,19)/b17-13+. The highest BCUT2D eigenvalue weighted by Crippen LogP contribution is 2.01. The van der Waals surface area contributed by atoms with Crippen molar-refractivity contribution in [2.45, 2.75) is 13.3 Å². The van der Waals surface area contributed by atoms with E-state index in [4.69, 9.17) is 0 Å². The maximum absolute atomic E-state index is 11.7. The van der Waals surface area contributed by atoms with E-state index in [0.717, 1.165) is 16.8 Å². The summed E-state index contributed by atoms with van der Waals surface area (Å²) in [6.45, 7) is 1.87. The molecule has 19 heavy (non-hydrogen) atoms. The van der Waals surface area contributed by atoms with Gasteiger partial charge in [-0.25, -0.2) is 5.43 Å². The Morgan fingerprint density at radius 1 is 1.00 bits per heavy atom. The Hall–Kier alpha value is -2.42. The largest absolute Gasteiger partial charge is 0.273 e. The minimum atomic E-state index is -0.110. The van der Waals surface area contributed by atoms with Crippen LogP contribution in [0.5, 0.6) is 0 Å². The zero-order valence-electron chi connectivity index (χ0n) is 10.8. The van der Waals surface area contributed by atoms with Crippen molar-refractivity contribution < 1.29 is 4.79 Å². The molecule has 2 aromatic rings. The van der Waals surface area contributed by atoms with E-state index in [-0.39, 0.29) is 5.91 Å². The highest BCUT2D eigenvalue weighted by atomic mass is 16.2. The number of hydrogen-bond acceptors (Lipinski definition) is 2. The average Bonchev–Trinajstić information content (AvgIpc) is 2.47. The molecule has 2 aromatic carbocycles. The number of rotatable bonds is 4. The van der Waals surface area contributed by atoms with Crippen molar-refractivity contribution in [1.82, 2.24) is 5.43 Å². The summed E-state index contributed by atoms with van der Waals surface area (Å²) < 4.78 is 0. The van der Waals surface area contributed by atoms with Gasteiger partial charge in [0.2, 0.25) is 5.91 Å². The zero-order chi connectivity index (χ0) is 13.5. The van der Waals surface area contributed by atoms with Crippen LogP contribution in [-0.2, 0) is 11.2 Å². The predicted octanol–water partition coefficient (Wildman–Crippen LogP) is 2.77. The molecule has 0 heterocycles. The van der Waals surface area contributed by atoms with E-state index in [1.54, 1.807) is 0 Å². The van der Waals surface area contributed by atoms with E-state index in [1.807, 2.05) is 67.6 Å². The van der Waals surface area contributed by atoms with Gasteiger partial charge in [0.15, 0.2) is 0 Å². The highest BCUT2D eigenvalue weighted by Gasteiger charge is 2.02. The molecule has 0 aromatic heterocycles. The third-order valence-electron chi connectivity index (χ3n) is 2.75. The summed E-state index contributed by atoms with van der Waals surface area (Å²) in [5.74, 6) is -0.110. The van der Waals surface area contributed by atoms with Crippen LogP contribution in [0.25, 0.3) is 0 Å². The molecule has 3 nitrogen and oxygen atoms in total. The van der Waals surface area contributed by atoms with Crippen LogP contribution in [0.4, 0.5) is 0 Å². The molecule has 1 N–H and O–H groups in total. The first-order valence-electron chi connectivity index (χ1n) is 6.18. The summed E-state index contributed by atoms with van der Waals surface area (Å²) in [5.41, 5.74) is 5.35. The summed E-state index contributed by atoms with van der Waals surface area (Å²) in [5, 5.41) is 4.11. The first-order valence-corrected chi connectivity index (χ1v) is 6.18. The Kier molecular flexibility index (Phi) is 4.45. The molecule has 3 heteroatoms. The Balaban J connectivity index is 1.93. The molecular formula is C16H16N2O. The summed E-state index contributed by atoms with van der Waals surface area (Å²) in [6.07, 6.45) is 0.340. The maximum Gasteiger partial charge on any atom is 0.244 e. The smallest absolute Gasteiger partial charge is 0.244 e. The molecule has 0 atom stereocenters. The van der Waals surface area contributed by atoms with Crippen molar-refractivity contribution in [3.05, 3.63) is 71.8 Å². The molecular weight excluding hydrogens is 236 g/mol. The van der Waals surface area contributed by atoms with E-state index < -0.39 is 0 Å². The summed E-state index contributed by atoms with van der Waals surface area (Å²) >= 11 is 0. The molecule has 0 bridgehead atoms. The topological polar surface area (TPSA) is 41.5 Å². The van der Waals surface area contributed by atoms with Gasteiger partial charge < -0.3 is 0 Å². The molecule has 0 fully saturated rings. The normalized spacial score (nSPS) is 11.1. The van der Waals surface area contributed by atoms with Gasteiger partial charge in [0, 0.05) is 0 Å². The Bertz CT molecular complexity index is 562. The molecule has 0 saturated carbocycles. The van der Waals surface area contributed by atoms with Crippen LogP contribution in [0.3, 0.4) is 0 Å². The molecule has 0 aliphatic carbocycles. The lowest BCUT2D eigenvalue weighted by Gasteiger charge is -2.03. The van der Waals surface area contributed by atoms with Gasteiger partial charge in [0.25, 0.3) is 0 Å². The molecule has 0 saturated heterocycles. The number of carbonyl (C=O) groups excluding carboxylic acids is 1. The van der Waals surface area contributed by atoms with Gasteiger partial charge in [-0.2, -0.15) is 5.10 Å². The lowest BCUT2D eigenvalue weighted by atomic mass is 10.1. The minimum Gasteiger partial charge on any atom is -0.273 e. The van der Waals surface area contributed by atoms with Crippen LogP contribution in [0.2, 0.25) is 0 Å². The number of hydrogen-bond donors (Lipinski definition) is 1. The third kappa shape index (κ3) is 4.07. The van der Waals surface area contributed by atoms with Crippen LogP contribution in [0.1, 0.15) is 18.1 Å². The molecule has 0 spiro atoms. The Labute approximate surface area is 113 Å². The van der Waals surface area contributed by atoms with E-state index in [1.165, 1.54) is 0 Å². The monoisotopic (exact) mass is 252 g/mol. The number of carbonyl (C=O) groups is 1. The second-order valence-corrected chi connectivity index (χ2v) is 4.26. The maximum atomic E-state index is 11.7. The lowest BCUT2D eigenvalue weighted by molar-refractivity contribution is -0.120. The van der Waals surface area contributed by atoms with Crippen molar-refractivity contribution >= 4 is 11.6 Å². The molecule has 0 radical (unpaired) electrons. The fraction of sp³-hybridized carbons (Fsp3) is 0.125. The van der Waals surface area contributed by atoms with Crippen LogP contribution in [-0.4, -0.2) is 11.6 Å². The molecule has 0 aliphatic rings. The Morgan fingerprint density at radius 3 is 2.21 bits per heavy atom. The van der Waals surface area contributed by atoms with Crippen molar-refractivity contribution in [3.63, 3.8) is 0 Å². The van der Waals surface area contributed by atoms with Gasteiger partial charge in [0.05, 0.1) is 12.1 Å². The second-order valence-electron chi connectivity index (χ2n) is 4.26. The van der Waals surface area contributed by atoms with E-state index in [0.29, 0.717) is 6.42 Å². The van der Waals surface area contributed by atoms with Crippen LogP contribution >= 0.6 is 0 Å². The van der Waals surface area contributed by atoms with Crippen molar-refractivity contribution in [3.8, 4) is 0 Å². The quantitative estimate of drug-likeness (QED) is 0.659. The number of benzene rings is 2. The number of nitrogens with one attached hydrogen (secondary N) is 1. The molecule has 96 valence electrons. The first kappa shape index (κ1) is 13.0. The number of nitrogens with zero attached hydrogens (tertiary/aromatic N) is 1. The minimum absolute atomic E-state index is 0.110. The molecule has 2 rings (SSSR count). The van der Waals surface area contributed by atoms with Crippen LogP contribution in [0, 0.1) is 0 Å². The number of amides is 1. The summed E-state index contributed by atoms with van der Waals surface area (Å²) in [4.78, 5) is 11.7. The zero-order valence-corrected chi connectivity index (χ0v) is 10.8. The van der Waals surface area contributed by atoms with Crippen molar-refractivity contribution in [2.75, 3.05) is 0 Å². The third-order valence-corrected chi connectivity index (χ3v) is 2.75.